The standard InChI is InChI=1S/C20H28N6O2/c27-15-17-10-16(11-24-8-4-5-9-24)12-25(13-17)19(28)14-26-22-20(21-23-26)18-6-2-1-3-7-18/h1-3,6-7,16-17,27H,4-5,8-15H2/t16-,17-/m1/s1. The minimum Gasteiger partial charge on any atom is -0.396 e. The average Bonchev–Trinajstić information content (AvgIpc) is 3.40. The number of tetrazole rings is 1. The number of benzene rings is 1. The van der Waals surface area contributed by atoms with Crippen molar-refractivity contribution in [1.82, 2.24) is 30.0 Å². The number of aromatic nitrogens is 4. The molecule has 2 atom stereocenters. The van der Waals surface area contributed by atoms with Crippen molar-refractivity contribution in [3.05, 3.63) is 30.3 Å². The molecule has 0 bridgehead atoms. The van der Waals surface area contributed by atoms with E-state index in [4.69, 9.17) is 0 Å². The first-order valence-corrected chi connectivity index (χ1v) is 10.2. The van der Waals surface area contributed by atoms with Crippen LogP contribution in [0.25, 0.3) is 11.4 Å². The lowest BCUT2D eigenvalue weighted by Crippen LogP contribution is -2.48. The Labute approximate surface area is 165 Å². The maximum Gasteiger partial charge on any atom is 0.246 e. The molecule has 2 fully saturated rings. The van der Waals surface area contributed by atoms with Crippen LogP contribution in [0, 0.1) is 11.8 Å². The Balaban J connectivity index is 1.38. The van der Waals surface area contributed by atoms with E-state index in [0.29, 0.717) is 18.3 Å². The van der Waals surface area contributed by atoms with Crippen LogP contribution in [0.1, 0.15) is 19.3 Å². The van der Waals surface area contributed by atoms with Gasteiger partial charge in [0, 0.05) is 31.8 Å². The van der Waals surface area contributed by atoms with E-state index in [-0.39, 0.29) is 25.0 Å². The van der Waals surface area contributed by atoms with Crippen molar-refractivity contribution in [3.63, 3.8) is 0 Å². The van der Waals surface area contributed by atoms with Crippen molar-refractivity contribution < 1.29 is 9.90 Å². The second-order valence-corrected chi connectivity index (χ2v) is 7.97. The molecule has 0 aliphatic carbocycles. The van der Waals surface area contributed by atoms with Crippen molar-refractivity contribution in [2.75, 3.05) is 39.3 Å². The third-order valence-corrected chi connectivity index (χ3v) is 5.71. The lowest BCUT2D eigenvalue weighted by atomic mass is 9.89. The Kier molecular flexibility index (Phi) is 5.97. The fourth-order valence-corrected chi connectivity index (χ4v) is 4.35. The van der Waals surface area contributed by atoms with Crippen molar-refractivity contribution >= 4 is 5.91 Å². The van der Waals surface area contributed by atoms with Gasteiger partial charge in [0.05, 0.1) is 0 Å². The normalized spacial score (nSPS) is 23.2. The summed E-state index contributed by atoms with van der Waals surface area (Å²) in [5, 5.41) is 22.1. The lowest BCUT2D eigenvalue weighted by molar-refractivity contribution is -0.135. The van der Waals surface area contributed by atoms with E-state index in [2.05, 4.69) is 20.3 Å². The number of nitrogens with zero attached hydrogens (tertiary/aromatic N) is 6. The smallest absolute Gasteiger partial charge is 0.246 e. The van der Waals surface area contributed by atoms with Crippen LogP contribution >= 0.6 is 0 Å². The van der Waals surface area contributed by atoms with Gasteiger partial charge in [-0.15, -0.1) is 10.2 Å². The van der Waals surface area contributed by atoms with Gasteiger partial charge in [-0.25, -0.2) is 0 Å². The summed E-state index contributed by atoms with van der Waals surface area (Å²) < 4.78 is 0. The number of rotatable bonds is 6. The van der Waals surface area contributed by atoms with E-state index < -0.39 is 0 Å². The topological polar surface area (TPSA) is 87.4 Å². The molecular formula is C20H28N6O2. The summed E-state index contributed by atoms with van der Waals surface area (Å²) in [6.45, 7) is 4.87. The molecule has 28 heavy (non-hydrogen) atoms. The number of hydrogen-bond acceptors (Lipinski definition) is 6. The highest BCUT2D eigenvalue weighted by Crippen LogP contribution is 2.24. The Morgan fingerprint density at radius 1 is 1.11 bits per heavy atom. The van der Waals surface area contributed by atoms with Crippen LogP contribution in [-0.2, 0) is 11.3 Å². The Bertz CT molecular complexity index is 774. The Hall–Kier alpha value is -2.32. The van der Waals surface area contributed by atoms with E-state index in [1.165, 1.54) is 17.6 Å². The lowest BCUT2D eigenvalue weighted by Gasteiger charge is -2.38. The van der Waals surface area contributed by atoms with E-state index in [1.54, 1.807) is 0 Å². The number of carbonyl (C=O) groups is 1. The van der Waals surface area contributed by atoms with E-state index in [0.717, 1.165) is 38.2 Å². The molecule has 1 amide bonds. The molecule has 1 aromatic heterocycles. The quantitative estimate of drug-likeness (QED) is 0.796. The predicted octanol–water partition coefficient (Wildman–Crippen LogP) is 0.893. The molecule has 2 aromatic rings. The van der Waals surface area contributed by atoms with Crippen LogP contribution in [-0.4, -0.2) is 80.4 Å². The van der Waals surface area contributed by atoms with Gasteiger partial charge in [0.1, 0.15) is 6.54 Å². The summed E-state index contributed by atoms with van der Waals surface area (Å²) in [6, 6.07) is 9.62. The minimum atomic E-state index is -0.0124. The van der Waals surface area contributed by atoms with E-state index >= 15 is 0 Å². The zero-order valence-corrected chi connectivity index (χ0v) is 16.2. The summed E-state index contributed by atoms with van der Waals surface area (Å²) in [5.74, 6) is 1.07. The number of hydrogen-bond donors (Lipinski definition) is 1. The molecule has 2 aliphatic rings. The van der Waals surface area contributed by atoms with Crippen molar-refractivity contribution in [2.24, 2.45) is 11.8 Å². The fraction of sp³-hybridized carbons (Fsp3) is 0.600. The van der Waals surface area contributed by atoms with Crippen molar-refractivity contribution in [3.8, 4) is 11.4 Å². The van der Waals surface area contributed by atoms with Crippen LogP contribution in [0.5, 0.6) is 0 Å². The maximum atomic E-state index is 12.9. The van der Waals surface area contributed by atoms with E-state index in [1.807, 2.05) is 35.2 Å². The van der Waals surface area contributed by atoms with Crippen LogP contribution in [0.2, 0.25) is 0 Å². The molecule has 8 nitrogen and oxygen atoms in total. The zero-order chi connectivity index (χ0) is 19.3. The minimum absolute atomic E-state index is 0.0124. The number of likely N-dealkylation sites (tertiary alicyclic amines) is 2. The molecule has 4 rings (SSSR count). The molecular weight excluding hydrogens is 356 g/mol. The molecule has 3 heterocycles. The summed E-state index contributed by atoms with van der Waals surface area (Å²) in [7, 11) is 0. The molecule has 1 aromatic carbocycles. The van der Waals surface area contributed by atoms with Gasteiger partial charge >= 0.3 is 0 Å². The predicted molar refractivity (Wildman–Crippen MR) is 104 cm³/mol. The first kappa shape index (κ1) is 19.0. The van der Waals surface area contributed by atoms with Gasteiger partial charge in [0.25, 0.3) is 0 Å². The Morgan fingerprint density at radius 3 is 2.61 bits per heavy atom. The first-order chi connectivity index (χ1) is 13.7. The number of aliphatic hydroxyl groups is 1. The van der Waals surface area contributed by atoms with Gasteiger partial charge in [-0.3, -0.25) is 4.79 Å². The zero-order valence-electron chi connectivity index (χ0n) is 16.2. The van der Waals surface area contributed by atoms with Gasteiger partial charge in [-0.1, -0.05) is 30.3 Å². The molecule has 0 radical (unpaired) electrons. The summed E-state index contributed by atoms with van der Waals surface area (Å²) in [6.07, 6.45) is 3.51. The van der Waals surface area contributed by atoms with Crippen LogP contribution < -0.4 is 0 Å². The molecule has 0 spiro atoms. The Morgan fingerprint density at radius 2 is 1.86 bits per heavy atom. The second kappa shape index (κ2) is 8.79. The van der Waals surface area contributed by atoms with E-state index in [9.17, 15) is 9.90 Å². The summed E-state index contributed by atoms with van der Waals surface area (Å²) in [4.78, 5) is 18.6. The number of amides is 1. The van der Waals surface area contributed by atoms with Gasteiger partial charge in [0.2, 0.25) is 11.7 Å². The third-order valence-electron chi connectivity index (χ3n) is 5.71. The molecule has 1 N–H and O–H groups in total. The molecule has 2 aliphatic heterocycles. The van der Waals surface area contributed by atoms with Gasteiger partial charge in [0.15, 0.2) is 0 Å². The van der Waals surface area contributed by atoms with Gasteiger partial charge in [-0.05, 0) is 49.4 Å². The average molecular weight is 384 g/mol. The highest BCUT2D eigenvalue weighted by molar-refractivity contribution is 5.76. The highest BCUT2D eigenvalue weighted by Gasteiger charge is 2.31. The third kappa shape index (κ3) is 4.56. The van der Waals surface area contributed by atoms with Gasteiger partial charge in [-0.2, -0.15) is 4.80 Å². The van der Waals surface area contributed by atoms with Crippen LogP contribution in [0.15, 0.2) is 30.3 Å². The number of aliphatic hydroxyl groups excluding tert-OH is 1. The fourth-order valence-electron chi connectivity index (χ4n) is 4.35. The van der Waals surface area contributed by atoms with Crippen LogP contribution in [0.3, 0.4) is 0 Å². The summed E-state index contributed by atoms with van der Waals surface area (Å²) in [5.41, 5.74) is 0.880. The molecule has 0 unspecified atom stereocenters. The number of piperidine rings is 1. The molecule has 8 heteroatoms. The maximum absolute atomic E-state index is 12.9. The summed E-state index contributed by atoms with van der Waals surface area (Å²) >= 11 is 0. The van der Waals surface area contributed by atoms with Gasteiger partial charge < -0.3 is 14.9 Å². The van der Waals surface area contributed by atoms with Crippen molar-refractivity contribution in [2.45, 2.75) is 25.8 Å². The number of carbonyl (C=O) groups excluding carboxylic acids is 1. The molecule has 150 valence electrons. The molecule has 0 saturated carbocycles. The monoisotopic (exact) mass is 384 g/mol. The largest absolute Gasteiger partial charge is 0.396 e. The van der Waals surface area contributed by atoms with Crippen molar-refractivity contribution in [1.29, 1.82) is 0 Å². The highest BCUT2D eigenvalue weighted by atomic mass is 16.3. The SMILES string of the molecule is O=C(Cn1nnc(-c2ccccc2)n1)N1C[C@H](CO)C[C@H](CN2CCCC2)C1. The van der Waals surface area contributed by atoms with Crippen LogP contribution in [0.4, 0.5) is 0 Å². The first-order valence-electron chi connectivity index (χ1n) is 10.2. The molecule has 2 saturated heterocycles. The second-order valence-electron chi connectivity index (χ2n) is 7.97.